The number of hydrogen-bond donors (Lipinski definition) is 2. The first-order valence-electron chi connectivity index (χ1n) is 4.98. The average molecular weight is 194 g/mol. The Morgan fingerprint density at radius 1 is 1.36 bits per heavy atom. The monoisotopic (exact) mass is 194 g/mol. The third kappa shape index (κ3) is 3.30. The van der Waals surface area contributed by atoms with Crippen molar-refractivity contribution in [1.82, 2.24) is 15.3 Å². The van der Waals surface area contributed by atoms with Crippen molar-refractivity contribution >= 4 is 5.95 Å². The molecule has 1 atom stereocenters. The van der Waals surface area contributed by atoms with Crippen molar-refractivity contribution in [3.05, 3.63) is 18.0 Å². The molecule has 0 amide bonds. The Morgan fingerprint density at radius 2 is 2.00 bits per heavy atom. The van der Waals surface area contributed by atoms with E-state index in [0.29, 0.717) is 12.0 Å². The fourth-order valence-electron chi connectivity index (χ4n) is 1.01. The number of anilines is 1. The average Bonchev–Trinajstić information content (AvgIpc) is 2.26. The molecular formula is C10H18N4. The minimum atomic E-state index is 0.541. The zero-order valence-electron chi connectivity index (χ0n) is 9.04. The fraction of sp³-hybridized carbons (Fsp3) is 0.600. The van der Waals surface area contributed by atoms with Crippen molar-refractivity contribution < 1.29 is 0 Å². The lowest BCUT2D eigenvalue weighted by Crippen LogP contribution is -2.24. The minimum absolute atomic E-state index is 0.541. The summed E-state index contributed by atoms with van der Waals surface area (Å²) in [6.45, 7) is 5.17. The lowest BCUT2D eigenvalue weighted by molar-refractivity contribution is 0.533. The van der Waals surface area contributed by atoms with Gasteiger partial charge in [-0.3, -0.25) is 0 Å². The van der Waals surface area contributed by atoms with Gasteiger partial charge in [0.25, 0.3) is 0 Å². The van der Waals surface area contributed by atoms with Crippen molar-refractivity contribution in [2.75, 3.05) is 12.4 Å². The molecular weight excluding hydrogens is 176 g/mol. The van der Waals surface area contributed by atoms with Gasteiger partial charge in [0.2, 0.25) is 5.95 Å². The van der Waals surface area contributed by atoms with E-state index in [0.717, 1.165) is 18.5 Å². The van der Waals surface area contributed by atoms with Gasteiger partial charge in [0.15, 0.2) is 0 Å². The molecule has 1 aromatic heterocycles. The summed E-state index contributed by atoms with van der Waals surface area (Å²) in [4.78, 5) is 8.28. The summed E-state index contributed by atoms with van der Waals surface area (Å²) in [7, 11) is 1.81. The van der Waals surface area contributed by atoms with Gasteiger partial charge >= 0.3 is 0 Å². The van der Waals surface area contributed by atoms with Crippen LogP contribution in [0.1, 0.15) is 25.8 Å². The van der Waals surface area contributed by atoms with Crippen molar-refractivity contribution in [2.24, 2.45) is 0 Å². The van der Waals surface area contributed by atoms with E-state index >= 15 is 0 Å². The third-order valence-electron chi connectivity index (χ3n) is 2.20. The predicted octanol–water partition coefficient (Wildman–Crippen LogP) is 1.41. The molecule has 0 saturated heterocycles. The first-order valence-corrected chi connectivity index (χ1v) is 4.98. The molecule has 1 unspecified atom stereocenters. The Bertz CT molecular complexity index is 257. The summed E-state index contributed by atoms with van der Waals surface area (Å²) in [5, 5.41) is 6.27. The van der Waals surface area contributed by atoms with E-state index in [-0.39, 0.29) is 0 Å². The van der Waals surface area contributed by atoms with Gasteiger partial charge in [-0.05, 0) is 13.3 Å². The quantitative estimate of drug-likeness (QED) is 0.744. The van der Waals surface area contributed by atoms with Gasteiger partial charge in [0, 0.05) is 37.6 Å². The largest absolute Gasteiger partial charge is 0.357 e. The molecule has 0 saturated carbocycles. The maximum atomic E-state index is 4.14. The van der Waals surface area contributed by atoms with E-state index in [1.54, 1.807) is 0 Å². The van der Waals surface area contributed by atoms with Crippen LogP contribution in [0.25, 0.3) is 0 Å². The van der Waals surface area contributed by atoms with Crippen molar-refractivity contribution in [2.45, 2.75) is 32.9 Å². The van der Waals surface area contributed by atoms with E-state index in [1.165, 1.54) is 0 Å². The molecule has 14 heavy (non-hydrogen) atoms. The molecule has 1 rings (SSSR count). The fourth-order valence-corrected chi connectivity index (χ4v) is 1.01. The zero-order chi connectivity index (χ0) is 10.4. The Labute approximate surface area is 85.2 Å². The highest BCUT2D eigenvalue weighted by Crippen LogP contribution is 1.99. The van der Waals surface area contributed by atoms with Crippen molar-refractivity contribution in [1.29, 1.82) is 0 Å². The standard InChI is InChI=1S/C10H18N4/c1-4-8(2)12-5-9-6-13-10(11-3)14-7-9/h6-8,12H,4-5H2,1-3H3,(H,11,13,14). The second kappa shape index (κ2) is 5.54. The van der Waals surface area contributed by atoms with Gasteiger partial charge in [-0.1, -0.05) is 6.92 Å². The highest BCUT2D eigenvalue weighted by Gasteiger charge is 1.99. The lowest BCUT2D eigenvalue weighted by atomic mass is 10.2. The molecule has 0 spiro atoms. The van der Waals surface area contributed by atoms with Crippen molar-refractivity contribution in [3.8, 4) is 0 Å². The molecule has 0 bridgehead atoms. The Hall–Kier alpha value is -1.16. The van der Waals surface area contributed by atoms with Crippen LogP contribution in [-0.4, -0.2) is 23.1 Å². The van der Waals surface area contributed by atoms with Gasteiger partial charge in [-0.25, -0.2) is 9.97 Å². The highest BCUT2D eigenvalue weighted by atomic mass is 15.1. The number of aromatic nitrogens is 2. The number of nitrogens with one attached hydrogen (secondary N) is 2. The summed E-state index contributed by atoms with van der Waals surface area (Å²) in [5.41, 5.74) is 1.12. The van der Waals surface area contributed by atoms with Crippen LogP contribution >= 0.6 is 0 Å². The van der Waals surface area contributed by atoms with E-state index in [4.69, 9.17) is 0 Å². The minimum Gasteiger partial charge on any atom is -0.357 e. The van der Waals surface area contributed by atoms with E-state index in [1.807, 2.05) is 19.4 Å². The molecule has 0 aliphatic carbocycles. The first-order chi connectivity index (χ1) is 6.76. The molecule has 0 aliphatic rings. The first kappa shape index (κ1) is 10.9. The van der Waals surface area contributed by atoms with Crippen LogP contribution in [0, 0.1) is 0 Å². The summed E-state index contributed by atoms with van der Waals surface area (Å²) < 4.78 is 0. The molecule has 78 valence electrons. The molecule has 4 heteroatoms. The predicted molar refractivity (Wildman–Crippen MR) is 58.2 cm³/mol. The van der Waals surface area contributed by atoms with E-state index < -0.39 is 0 Å². The molecule has 1 aromatic rings. The number of hydrogen-bond acceptors (Lipinski definition) is 4. The van der Waals surface area contributed by atoms with Crippen LogP contribution in [0.2, 0.25) is 0 Å². The normalized spacial score (nSPS) is 12.5. The van der Waals surface area contributed by atoms with Gasteiger partial charge in [-0.15, -0.1) is 0 Å². The van der Waals surface area contributed by atoms with Crippen LogP contribution in [0.4, 0.5) is 5.95 Å². The Balaban J connectivity index is 2.43. The van der Waals surface area contributed by atoms with E-state index in [2.05, 4.69) is 34.4 Å². The van der Waals surface area contributed by atoms with Crippen LogP contribution in [-0.2, 0) is 6.54 Å². The van der Waals surface area contributed by atoms with Gasteiger partial charge in [0.1, 0.15) is 0 Å². The Morgan fingerprint density at radius 3 is 2.50 bits per heavy atom. The molecule has 1 heterocycles. The van der Waals surface area contributed by atoms with Gasteiger partial charge in [0.05, 0.1) is 0 Å². The van der Waals surface area contributed by atoms with Crippen LogP contribution in [0.3, 0.4) is 0 Å². The Kier molecular flexibility index (Phi) is 4.32. The molecule has 0 aliphatic heterocycles. The summed E-state index contributed by atoms with van der Waals surface area (Å²) in [6.07, 6.45) is 4.82. The van der Waals surface area contributed by atoms with Crippen LogP contribution in [0.5, 0.6) is 0 Å². The third-order valence-corrected chi connectivity index (χ3v) is 2.20. The van der Waals surface area contributed by atoms with Crippen LogP contribution < -0.4 is 10.6 Å². The summed E-state index contributed by atoms with van der Waals surface area (Å²) >= 11 is 0. The number of rotatable bonds is 5. The SMILES string of the molecule is CCC(C)NCc1cnc(NC)nc1. The molecule has 0 radical (unpaired) electrons. The molecule has 0 fully saturated rings. The smallest absolute Gasteiger partial charge is 0.222 e. The summed E-state index contributed by atoms with van der Waals surface area (Å²) in [6, 6.07) is 0.541. The lowest BCUT2D eigenvalue weighted by Gasteiger charge is -2.10. The van der Waals surface area contributed by atoms with E-state index in [9.17, 15) is 0 Å². The number of nitrogens with zero attached hydrogens (tertiary/aromatic N) is 2. The molecule has 2 N–H and O–H groups in total. The zero-order valence-corrected chi connectivity index (χ0v) is 9.04. The highest BCUT2D eigenvalue weighted by molar-refractivity contribution is 5.22. The molecule has 0 aromatic carbocycles. The van der Waals surface area contributed by atoms with Gasteiger partial charge < -0.3 is 10.6 Å². The second-order valence-corrected chi connectivity index (χ2v) is 3.36. The molecule has 4 nitrogen and oxygen atoms in total. The second-order valence-electron chi connectivity index (χ2n) is 3.36. The van der Waals surface area contributed by atoms with Gasteiger partial charge in [-0.2, -0.15) is 0 Å². The van der Waals surface area contributed by atoms with Crippen molar-refractivity contribution in [3.63, 3.8) is 0 Å². The summed E-state index contributed by atoms with van der Waals surface area (Å²) in [5.74, 6) is 0.664. The topological polar surface area (TPSA) is 49.8 Å². The van der Waals surface area contributed by atoms with Crippen LogP contribution in [0.15, 0.2) is 12.4 Å². The maximum absolute atomic E-state index is 4.14. The maximum Gasteiger partial charge on any atom is 0.222 e.